The van der Waals surface area contributed by atoms with Gasteiger partial charge in [-0.15, -0.1) is 12.4 Å². The maximum absolute atomic E-state index is 12.8. The Morgan fingerprint density at radius 2 is 2.23 bits per heavy atom. The first-order valence-corrected chi connectivity index (χ1v) is 4.94. The molecule has 0 aliphatic carbocycles. The number of likely N-dealkylation sites (tertiary alicyclic amines) is 1. The third kappa shape index (κ3) is 3.08. The smallest absolute Gasteiger partial charge is 0.114 e. The molecule has 0 radical (unpaired) electrons. The van der Waals surface area contributed by atoms with E-state index >= 15 is 0 Å². The summed E-state index contributed by atoms with van der Waals surface area (Å²) < 4.78 is 12.8. The van der Waals surface area contributed by atoms with Crippen molar-refractivity contribution in [2.45, 2.75) is 31.5 Å². The van der Waals surface area contributed by atoms with Crippen LogP contribution in [0.2, 0.25) is 0 Å². The fourth-order valence-electron chi connectivity index (χ4n) is 2.18. The molecular formula is C9H18ClFN2. The highest BCUT2D eigenvalue weighted by atomic mass is 35.5. The number of nitrogens with one attached hydrogen (secondary N) is 1. The zero-order valence-corrected chi connectivity index (χ0v) is 8.65. The Balaban J connectivity index is 0.000000845. The molecule has 2 aliphatic rings. The minimum absolute atomic E-state index is 0. The van der Waals surface area contributed by atoms with E-state index < -0.39 is 6.17 Å². The van der Waals surface area contributed by atoms with Crippen molar-refractivity contribution in [2.24, 2.45) is 0 Å². The van der Waals surface area contributed by atoms with Gasteiger partial charge in [0.1, 0.15) is 6.17 Å². The Labute approximate surface area is 85.3 Å². The number of rotatable bonds is 2. The van der Waals surface area contributed by atoms with Gasteiger partial charge in [0.15, 0.2) is 0 Å². The average Bonchev–Trinajstić information content (AvgIpc) is 2.63. The lowest BCUT2D eigenvalue weighted by molar-refractivity contribution is 0.268. The van der Waals surface area contributed by atoms with Crippen LogP contribution in [0.25, 0.3) is 0 Å². The van der Waals surface area contributed by atoms with E-state index in [0.717, 1.165) is 26.1 Å². The molecular weight excluding hydrogens is 191 g/mol. The quantitative estimate of drug-likeness (QED) is 0.734. The van der Waals surface area contributed by atoms with Gasteiger partial charge in [-0.25, -0.2) is 4.39 Å². The highest BCUT2D eigenvalue weighted by Gasteiger charge is 2.25. The fourth-order valence-corrected chi connectivity index (χ4v) is 2.18. The van der Waals surface area contributed by atoms with E-state index in [4.69, 9.17) is 0 Å². The van der Waals surface area contributed by atoms with Crippen LogP contribution < -0.4 is 5.32 Å². The normalized spacial score (nSPS) is 34.8. The molecule has 2 saturated heterocycles. The molecule has 2 aliphatic heterocycles. The number of nitrogens with zero attached hydrogens (tertiary/aromatic N) is 1. The molecule has 2 heterocycles. The van der Waals surface area contributed by atoms with Crippen molar-refractivity contribution < 1.29 is 4.39 Å². The van der Waals surface area contributed by atoms with Gasteiger partial charge in [-0.1, -0.05) is 0 Å². The molecule has 0 saturated carbocycles. The molecule has 2 nitrogen and oxygen atoms in total. The lowest BCUT2D eigenvalue weighted by atomic mass is 10.2. The molecule has 0 aromatic heterocycles. The molecule has 0 spiro atoms. The summed E-state index contributed by atoms with van der Waals surface area (Å²) in [6, 6.07) is 0.635. The monoisotopic (exact) mass is 208 g/mol. The maximum Gasteiger partial charge on any atom is 0.114 e. The first kappa shape index (κ1) is 11.2. The van der Waals surface area contributed by atoms with Crippen LogP contribution >= 0.6 is 12.4 Å². The van der Waals surface area contributed by atoms with Crippen LogP contribution in [-0.2, 0) is 0 Å². The summed E-state index contributed by atoms with van der Waals surface area (Å²) in [4.78, 5) is 2.24. The number of alkyl halides is 1. The second kappa shape index (κ2) is 5.13. The predicted octanol–water partition coefficient (Wildman–Crippen LogP) is 1.20. The minimum Gasteiger partial charge on any atom is -0.313 e. The van der Waals surface area contributed by atoms with E-state index in [9.17, 15) is 4.39 Å². The molecule has 1 N–H and O–H groups in total. The Morgan fingerprint density at radius 3 is 2.77 bits per heavy atom. The van der Waals surface area contributed by atoms with E-state index in [2.05, 4.69) is 10.2 Å². The van der Waals surface area contributed by atoms with Crippen molar-refractivity contribution >= 4 is 12.4 Å². The van der Waals surface area contributed by atoms with Crippen LogP contribution in [0.4, 0.5) is 4.39 Å². The second-order valence-electron chi connectivity index (χ2n) is 3.94. The molecule has 78 valence electrons. The van der Waals surface area contributed by atoms with E-state index in [-0.39, 0.29) is 12.4 Å². The average molecular weight is 209 g/mol. The molecule has 0 aromatic rings. The third-order valence-corrected chi connectivity index (χ3v) is 2.86. The zero-order valence-electron chi connectivity index (χ0n) is 7.84. The summed E-state index contributed by atoms with van der Waals surface area (Å²) >= 11 is 0. The molecule has 2 atom stereocenters. The standard InChI is InChI=1S/C9H17FN2.ClH/c10-8-3-5-12(6-8)7-9-2-1-4-11-9;/h8-9,11H,1-7H2;1H. The lowest BCUT2D eigenvalue weighted by Crippen LogP contribution is -2.36. The fraction of sp³-hybridized carbons (Fsp3) is 1.00. The number of hydrogen-bond acceptors (Lipinski definition) is 2. The van der Waals surface area contributed by atoms with Gasteiger partial charge in [-0.2, -0.15) is 0 Å². The van der Waals surface area contributed by atoms with Gasteiger partial charge < -0.3 is 5.32 Å². The summed E-state index contributed by atoms with van der Waals surface area (Å²) in [6.07, 6.45) is 2.74. The molecule has 0 amide bonds. The highest BCUT2D eigenvalue weighted by Crippen LogP contribution is 2.14. The van der Waals surface area contributed by atoms with Crippen LogP contribution in [0.5, 0.6) is 0 Å². The van der Waals surface area contributed by atoms with Crippen LogP contribution in [0.1, 0.15) is 19.3 Å². The van der Waals surface area contributed by atoms with Gasteiger partial charge in [0.05, 0.1) is 0 Å². The van der Waals surface area contributed by atoms with E-state index in [1.165, 1.54) is 12.8 Å². The molecule has 0 aromatic carbocycles. The van der Waals surface area contributed by atoms with Crippen LogP contribution in [0.15, 0.2) is 0 Å². The summed E-state index contributed by atoms with van der Waals surface area (Å²) in [7, 11) is 0. The van der Waals surface area contributed by atoms with Gasteiger partial charge >= 0.3 is 0 Å². The summed E-state index contributed by atoms with van der Waals surface area (Å²) in [6.45, 7) is 3.83. The Hall–Kier alpha value is 0.140. The van der Waals surface area contributed by atoms with E-state index in [1.54, 1.807) is 0 Å². The topological polar surface area (TPSA) is 15.3 Å². The van der Waals surface area contributed by atoms with Gasteiger partial charge in [0, 0.05) is 25.7 Å². The molecule has 4 heteroatoms. The molecule has 13 heavy (non-hydrogen) atoms. The van der Waals surface area contributed by atoms with Crippen molar-refractivity contribution in [2.75, 3.05) is 26.2 Å². The Morgan fingerprint density at radius 1 is 1.38 bits per heavy atom. The van der Waals surface area contributed by atoms with Crippen molar-refractivity contribution in [3.63, 3.8) is 0 Å². The van der Waals surface area contributed by atoms with Crippen LogP contribution in [-0.4, -0.2) is 43.3 Å². The SMILES string of the molecule is Cl.FC1CCN(CC2CCCN2)C1. The molecule has 2 unspecified atom stereocenters. The highest BCUT2D eigenvalue weighted by molar-refractivity contribution is 5.85. The maximum atomic E-state index is 12.8. The zero-order chi connectivity index (χ0) is 8.39. The largest absolute Gasteiger partial charge is 0.313 e. The van der Waals surface area contributed by atoms with Crippen molar-refractivity contribution in [1.82, 2.24) is 10.2 Å². The molecule has 0 bridgehead atoms. The summed E-state index contributed by atoms with van der Waals surface area (Å²) in [5.41, 5.74) is 0. The van der Waals surface area contributed by atoms with Gasteiger partial charge in [0.2, 0.25) is 0 Å². The number of halogens is 2. The van der Waals surface area contributed by atoms with Crippen molar-refractivity contribution in [3.8, 4) is 0 Å². The number of hydrogen-bond donors (Lipinski definition) is 1. The Kier molecular flexibility index (Phi) is 4.42. The van der Waals surface area contributed by atoms with Gasteiger partial charge in [-0.3, -0.25) is 4.90 Å². The summed E-state index contributed by atoms with van der Waals surface area (Å²) in [5.74, 6) is 0. The first-order valence-electron chi connectivity index (χ1n) is 4.94. The van der Waals surface area contributed by atoms with Crippen molar-refractivity contribution in [3.05, 3.63) is 0 Å². The van der Waals surface area contributed by atoms with Crippen molar-refractivity contribution in [1.29, 1.82) is 0 Å². The van der Waals surface area contributed by atoms with E-state index in [1.807, 2.05) is 0 Å². The second-order valence-corrected chi connectivity index (χ2v) is 3.94. The lowest BCUT2D eigenvalue weighted by Gasteiger charge is -2.19. The third-order valence-electron chi connectivity index (χ3n) is 2.86. The minimum atomic E-state index is -0.564. The van der Waals surface area contributed by atoms with Crippen LogP contribution in [0.3, 0.4) is 0 Å². The van der Waals surface area contributed by atoms with Gasteiger partial charge in [0.25, 0.3) is 0 Å². The van der Waals surface area contributed by atoms with Gasteiger partial charge in [-0.05, 0) is 25.8 Å². The molecule has 2 fully saturated rings. The predicted molar refractivity (Wildman–Crippen MR) is 54.2 cm³/mol. The molecule has 2 rings (SSSR count). The van der Waals surface area contributed by atoms with E-state index in [0.29, 0.717) is 12.6 Å². The van der Waals surface area contributed by atoms with Crippen LogP contribution in [0, 0.1) is 0 Å². The Bertz CT molecular complexity index is 151. The first-order chi connectivity index (χ1) is 5.84. The summed E-state index contributed by atoms with van der Waals surface area (Å²) in [5, 5.41) is 3.43.